The van der Waals surface area contributed by atoms with E-state index in [0.29, 0.717) is 79.7 Å². The molecule has 0 saturated carbocycles. The normalized spacial score (nSPS) is 20.1. The minimum atomic E-state index is -1.39. The zero-order valence-corrected chi connectivity index (χ0v) is 30.5. The molecule has 2 fully saturated rings. The maximum Gasteiger partial charge on any atom is 0.416 e. The highest BCUT2D eigenvalue weighted by molar-refractivity contribution is 6.06. The number of carbonyl (C=O) groups is 3. The Hall–Kier alpha value is -5.82. The van der Waals surface area contributed by atoms with Crippen LogP contribution in [0.1, 0.15) is 58.4 Å². The lowest BCUT2D eigenvalue weighted by molar-refractivity contribution is 0.0485. The Morgan fingerprint density at radius 2 is 1.44 bits per heavy atom. The first kappa shape index (κ1) is 36.5. The molecule has 0 unspecified atom stereocenters. The number of rotatable bonds is 12. The molecule has 13 nitrogen and oxygen atoms in total. The minimum absolute atomic E-state index is 0.0146. The van der Waals surface area contributed by atoms with Gasteiger partial charge in [-0.25, -0.2) is 9.69 Å². The molecular weight excluding hydrogens is 692 g/mol. The van der Waals surface area contributed by atoms with Gasteiger partial charge in [0.1, 0.15) is 6.61 Å². The summed E-state index contributed by atoms with van der Waals surface area (Å²) in [5.74, 6) is 1.14. The van der Waals surface area contributed by atoms with Crippen LogP contribution >= 0.6 is 0 Å². The van der Waals surface area contributed by atoms with E-state index in [1.807, 2.05) is 30.3 Å². The first-order valence-electron chi connectivity index (χ1n) is 18.0. The molecule has 13 heteroatoms. The number of aliphatic hydroxyl groups excluding tert-OH is 1. The van der Waals surface area contributed by atoms with Gasteiger partial charge < -0.3 is 38.6 Å². The third kappa shape index (κ3) is 7.23. The van der Waals surface area contributed by atoms with Gasteiger partial charge in [0.15, 0.2) is 29.2 Å². The lowest BCUT2D eigenvalue weighted by Gasteiger charge is -2.31. The van der Waals surface area contributed by atoms with Crippen LogP contribution < -0.4 is 23.8 Å². The standard InChI is InChI=1S/C41H44N4O9/c1-25-15-28-21-42-31-19-36(34(50-3)17-29(31)38(46)43(28)22-25)52-13-9-6-10-14-53-37-20-32-30(18-35(37)51-4)39(47)44-23-26(2)16-33(44)40(48)45(32)41(49)54-24-27-11-7-5-8-12-27/h5,7-8,11-12,17-21,28,33,40,48H,1-2,6,9-10,13-16,22-24H2,3-4H3/t28-,33-,40-/m0/s1. The quantitative estimate of drug-likeness (QED) is 0.174. The lowest BCUT2D eigenvalue weighted by Crippen LogP contribution is -2.50. The van der Waals surface area contributed by atoms with E-state index in [0.717, 1.165) is 28.0 Å². The molecule has 7 rings (SSSR count). The lowest BCUT2D eigenvalue weighted by atomic mass is 10.1. The molecule has 4 aliphatic heterocycles. The monoisotopic (exact) mass is 736 g/mol. The first-order chi connectivity index (χ1) is 26.2. The van der Waals surface area contributed by atoms with Crippen LogP contribution in [0, 0.1) is 0 Å². The van der Waals surface area contributed by atoms with Gasteiger partial charge in [-0.05, 0) is 49.8 Å². The molecule has 3 atom stereocenters. The number of fused-ring (bicyclic) bond motifs is 4. The van der Waals surface area contributed by atoms with Crippen LogP contribution in [-0.2, 0) is 11.3 Å². The zero-order valence-electron chi connectivity index (χ0n) is 30.5. The van der Waals surface area contributed by atoms with E-state index in [9.17, 15) is 19.5 Å². The van der Waals surface area contributed by atoms with Crippen molar-refractivity contribution < 1.29 is 43.2 Å². The van der Waals surface area contributed by atoms with E-state index in [1.54, 1.807) is 35.4 Å². The van der Waals surface area contributed by atoms with Crippen molar-refractivity contribution in [3.05, 3.63) is 95.6 Å². The van der Waals surface area contributed by atoms with Crippen molar-refractivity contribution in [3.63, 3.8) is 0 Å². The summed E-state index contributed by atoms with van der Waals surface area (Å²) in [5, 5.41) is 11.6. The van der Waals surface area contributed by atoms with E-state index in [2.05, 4.69) is 18.2 Å². The van der Waals surface area contributed by atoms with Crippen LogP contribution in [0.5, 0.6) is 23.0 Å². The van der Waals surface area contributed by atoms with Gasteiger partial charge in [0.05, 0.1) is 62.0 Å². The summed E-state index contributed by atoms with van der Waals surface area (Å²) >= 11 is 0. The number of nitrogens with zero attached hydrogens (tertiary/aromatic N) is 4. The molecule has 0 spiro atoms. The highest BCUT2D eigenvalue weighted by Crippen LogP contribution is 2.42. The number of hydrogen-bond acceptors (Lipinski definition) is 10. The summed E-state index contributed by atoms with van der Waals surface area (Å²) in [6, 6.07) is 14.9. The average molecular weight is 737 g/mol. The average Bonchev–Trinajstić information content (AvgIpc) is 3.72. The van der Waals surface area contributed by atoms with Crippen LogP contribution in [0.2, 0.25) is 0 Å². The Morgan fingerprint density at radius 1 is 0.815 bits per heavy atom. The summed E-state index contributed by atoms with van der Waals surface area (Å²) < 4.78 is 29.1. The van der Waals surface area contributed by atoms with Crippen molar-refractivity contribution in [2.45, 2.75) is 57.0 Å². The van der Waals surface area contributed by atoms with E-state index in [4.69, 9.17) is 23.7 Å². The predicted molar refractivity (Wildman–Crippen MR) is 201 cm³/mol. The number of methoxy groups -OCH3 is 2. The number of carbonyl (C=O) groups excluding carboxylic acids is 3. The van der Waals surface area contributed by atoms with Gasteiger partial charge in [0, 0.05) is 31.4 Å². The van der Waals surface area contributed by atoms with Gasteiger partial charge >= 0.3 is 6.09 Å². The van der Waals surface area contributed by atoms with Crippen molar-refractivity contribution >= 4 is 35.5 Å². The summed E-state index contributed by atoms with van der Waals surface area (Å²) in [6.07, 6.45) is 2.78. The second-order valence-electron chi connectivity index (χ2n) is 13.8. The molecule has 1 N–H and O–H groups in total. The maximum atomic E-state index is 13.8. The number of aliphatic imine (C=N–C) groups is 1. The molecule has 0 aliphatic carbocycles. The van der Waals surface area contributed by atoms with Gasteiger partial charge in [-0.1, -0.05) is 54.6 Å². The number of hydrogen-bond donors (Lipinski definition) is 1. The summed E-state index contributed by atoms with van der Waals surface area (Å²) in [6.45, 7) is 9.53. The summed E-state index contributed by atoms with van der Waals surface area (Å²) in [7, 11) is 3.02. The Balaban J connectivity index is 1.000. The zero-order chi connectivity index (χ0) is 37.9. The largest absolute Gasteiger partial charge is 0.493 e. The fourth-order valence-electron chi connectivity index (χ4n) is 7.32. The smallest absolute Gasteiger partial charge is 0.416 e. The van der Waals surface area contributed by atoms with E-state index in [1.165, 1.54) is 19.1 Å². The van der Waals surface area contributed by atoms with E-state index >= 15 is 0 Å². The van der Waals surface area contributed by atoms with Crippen molar-refractivity contribution in [2.75, 3.05) is 45.4 Å². The van der Waals surface area contributed by atoms with E-state index in [-0.39, 0.29) is 42.3 Å². The van der Waals surface area contributed by atoms with Crippen molar-refractivity contribution in [1.29, 1.82) is 0 Å². The SMILES string of the molecule is C=C1C[C@H]2C=Nc3cc(OCCCCCOc4cc5c(cc4OC)C(=O)N4CC(=C)C[C@H]4[C@H](O)N5C(=O)OCc4ccccc4)c(OC)cc3C(=O)N2C1. The van der Waals surface area contributed by atoms with Crippen molar-refractivity contribution in [2.24, 2.45) is 4.99 Å². The third-order valence-electron chi connectivity index (χ3n) is 10.1. The fraction of sp³-hybridized carbons (Fsp3) is 0.366. The number of ether oxygens (including phenoxy) is 5. The molecule has 0 radical (unpaired) electrons. The molecule has 0 aromatic heterocycles. The summed E-state index contributed by atoms with van der Waals surface area (Å²) in [4.78, 5) is 49.8. The minimum Gasteiger partial charge on any atom is -0.493 e. The molecule has 3 aromatic rings. The third-order valence-corrected chi connectivity index (χ3v) is 10.1. The van der Waals surface area contributed by atoms with Gasteiger partial charge in [-0.2, -0.15) is 0 Å². The van der Waals surface area contributed by atoms with Crippen molar-refractivity contribution in [1.82, 2.24) is 9.80 Å². The molecule has 3 aromatic carbocycles. The highest BCUT2D eigenvalue weighted by atomic mass is 16.6. The molecule has 2 saturated heterocycles. The number of unbranched alkanes of at least 4 members (excludes halogenated alkanes) is 2. The Labute approximate surface area is 314 Å². The molecule has 282 valence electrons. The predicted octanol–water partition coefficient (Wildman–Crippen LogP) is 6.06. The Bertz CT molecular complexity index is 2000. The first-order valence-corrected chi connectivity index (χ1v) is 18.0. The molecular formula is C41H44N4O9. The van der Waals surface area contributed by atoms with Crippen molar-refractivity contribution in [3.8, 4) is 23.0 Å². The van der Waals surface area contributed by atoms with E-state index < -0.39 is 18.4 Å². The van der Waals surface area contributed by atoms with Crippen LogP contribution in [0.25, 0.3) is 0 Å². The highest BCUT2D eigenvalue weighted by Gasteiger charge is 2.46. The number of amides is 3. The topological polar surface area (TPSA) is 140 Å². The summed E-state index contributed by atoms with van der Waals surface area (Å²) in [5.41, 5.74) is 3.92. The molecule has 4 aliphatic rings. The van der Waals surface area contributed by atoms with Crippen LogP contribution in [0.3, 0.4) is 0 Å². The Kier molecular flexibility index (Phi) is 10.6. The van der Waals surface area contributed by atoms with Crippen LogP contribution in [0.15, 0.2) is 83.9 Å². The molecule has 3 amide bonds. The fourth-order valence-corrected chi connectivity index (χ4v) is 7.32. The van der Waals surface area contributed by atoms with Gasteiger partial charge in [-0.15, -0.1) is 0 Å². The van der Waals surface area contributed by atoms with Crippen LogP contribution in [-0.4, -0.2) is 97.9 Å². The second kappa shape index (κ2) is 15.7. The molecule has 0 bridgehead atoms. The van der Waals surface area contributed by atoms with Crippen LogP contribution in [0.4, 0.5) is 16.2 Å². The second-order valence-corrected chi connectivity index (χ2v) is 13.8. The Morgan fingerprint density at radius 3 is 2.15 bits per heavy atom. The van der Waals surface area contributed by atoms with Gasteiger partial charge in [0.25, 0.3) is 11.8 Å². The number of benzene rings is 3. The van der Waals surface area contributed by atoms with Gasteiger partial charge in [0.2, 0.25) is 0 Å². The maximum absolute atomic E-state index is 13.8. The van der Waals surface area contributed by atoms with Gasteiger partial charge in [-0.3, -0.25) is 14.6 Å². The molecule has 4 heterocycles. The number of aliphatic hydroxyl groups is 1. The molecule has 54 heavy (non-hydrogen) atoms. The number of anilines is 1.